The number of hydrogen-bond donors (Lipinski definition) is 2. The molecule has 1 heterocycles. The van der Waals surface area contributed by atoms with Gasteiger partial charge >= 0.3 is 11.6 Å². The van der Waals surface area contributed by atoms with Crippen molar-refractivity contribution in [1.29, 1.82) is 0 Å². The number of hydrogen-bond acceptors (Lipinski definition) is 6. The van der Waals surface area contributed by atoms with E-state index in [0.29, 0.717) is 17.8 Å². The first-order valence-electron chi connectivity index (χ1n) is 12.9. The fourth-order valence-electron chi connectivity index (χ4n) is 8.67. The highest BCUT2D eigenvalue weighted by molar-refractivity contribution is 5.75. The van der Waals surface area contributed by atoms with Crippen molar-refractivity contribution in [2.24, 2.45) is 34.3 Å². The zero-order valence-corrected chi connectivity index (χ0v) is 20.2. The van der Waals surface area contributed by atoms with Crippen LogP contribution in [0.2, 0.25) is 0 Å². The van der Waals surface area contributed by atoms with Gasteiger partial charge < -0.3 is 20.0 Å². The number of carbonyl (C=O) groups excluding carboxylic acids is 1. The molecule has 1 aromatic heterocycles. The minimum Gasteiger partial charge on any atom is -0.461 e. The van der Waals surface area contributed by atoms with Crippen molar-refractivity contribution in [2.45, 2.75) is 102 Å². The van der Waals surface area contributed by atoms with Crippen molar-refractivity contribution >= 4 is 5.97 Å². The Balaban J connectivity index is 1.37. The van der Waals surface area contributed by atoms with Crippen molar-refractivity contribution in [1.82, 2.24) is 0 Å². The van der Waals surface area contributed by atoms with Crippen LogP contribution in [0.25, 0.3) is 0 Å². The molecular formula is C27H39NO5. The van der Waals surface area contributed by atoms with Gasteiger partial charge in [0.1, 0.15) is 12.1 Å². The van der Waals surface area contributed by atoms with Gasteiger partial charge in [-0.05, 0) is 105 Å². The first kappa shape index (κ1) is 23.1. The molecule has 4 saturated carbocycles. The van der Waals surface area contributed by atoms with Crippen molar-refractivity contribution in [3.8, 4) is 0 Å². The van der Waals surface area contributed by atoms with Crippen LogP contribution in [0.5, 0.6) is 0 Å². The van der Waals surface area contributed by atoms with Gasteiger partial charge in [0, 0.05) is 11.5 Å². The van der Waals surface area contributed by atoms with Crippen LogP contribution in [-0.2, 0) is 9.53 Å². The summed E-state index contributed by atoms with van der Waals surface area (Å²) >= 11 is 0. The summed E-state index contributed by atoms with van der Waals surface area (Å²) in [6, 6.07) is 2.82. The Kier molecular flexibility index (Phi) is 5.56. The Hall–Kier alpha value is -1.66. The molecule has 33 heavy (non-hydrogen) atoms. The lowest BCUT2D eigenvalue weighted by molar-refractivity contribution is -0.207. The van der Waals surface area contributed by atoms with Crippen LogP contribution >= 0.6 is 0 Å². The minimum absolute atomic E-state index is 0.0290. The molecule has 5 rings (SSSR count). The maximum atomic E-state index is 12.3. The number of rotatable bonds is 3. The molecule has 4 fully saturated rings. The van der Waals surface area contributed by atoms with E-state index in [9.17, 15) is 14.7 Å². The van der Waals surface area contributed by atoms with E-state index in [0.717, 1.165) is 63.4 Å². The zero-order chi connectivity index (χ0) is 23.6. The number of esters is 1. The standard InChI is InChI=1S/C27H39NO5/c1-16(28)24(30)33-19-8-11-25(2)18(14-19)5-6-22-21(25)9-12-26(3)20(10-13-27(22,26)31)17-4-7-23(29)32-15-17/h4,7,15-16,18-22,31H,5-6,8-14,28H2,1-3H3/t16-,18-,19-,20-,21+,22-,25+,26?,27+/m1/s1. The Morgan fingerprint density at radius 1 is 1.12 bits per heavy atom. The van der Waals surface area contributed by atoms with Crippen molar-refractivity contribution in [2.75, 3.05) is 0 Å². The molecule has 9 atom stereocenters. The number of carbonyl (C=O) groups is 1. The topological polar surface area (TPSA) is 103 Å². The molecule has 4 aliphatic rings. The van der Waals surface area contributed by atoms with Gasteiger partial charge in [-0.25, -0.2) is 4.79 Å². The molecule has 4 aliphatic carbocycles. The third kappa shape index (κ3) is 3.43. The highest BCUT2D eigenvalue weighted by Gasteiger charge is 2.67. The molecule has 182 valence electrons. The minimum atomic E-state index is -0.691. The summed E-state index contributed by atoms with van der Waals surface area (Å²) in [5, 5.41) is 12.3. The smallest absolute Gasteiger partial charge is 0.335 e. The van der Waals surface area contributed by atoms with E-state index in [1.54, 1.807) is 13.2 Å². The monoisotopic (exact) mass is 457 g/mol. The molecule has 1 unspecified atom stereocenters. The van der Waals surface area contributed by atoms with Gasteiger partial charge in [0.05, 0.1) is 11.9 Å². The quantitative estimate of drug-likeness (QED) is 0.661. The van der Waals surface area contributed by atoms with E-state index in [2.05, 4.69) is 13.8 Å². The van der Waals surface area contributed by atoms with Crippen LogP contribution in [0.3, 0.4) is 0 Å². The highest BCUT2D eigenvalue weighted by Crippen LogP contribution is 2.70. The molecule has 3 N–H and O–H groups in total. The number of ether oxygens (including phenoxy) is 1. The zero-order valence-electron chi connectivity index (χ0n) is 20.2. The molecule has 0 bridgehead atoms. The molecule has 0 aromatic carbocycles. The van der Waals surface area contributed by atoms with E-state index in [1.165, 1.54) is 6.07 Å². The average Bonchev–Trinajstić information content (AvgIpc) is 3.06. The van der Waals surface area contributed by atoms with E-state index in [-0.39, 0.29) is 34.4 Å². The lowest BCUT2D eigenvalue weighted by Crippen LogP contribution is -2.62. The highest BCUT2D eigenvalue weighted by atomic mass is 16.5. The summed E-state index contributed by atoms with van der Waals surface area (Å²) in [4.78, 5) is 23.5. The lowest BCUT2D eigenvalue weighted by Gasteiger charge is -2.63. The normalized spacial score (nSPS) is 45.4. The van der Waals surface area contributed by atoms with E-state index >= 15 is 0 Å². The number of nitrogens with two attached hydrogens (primary N) is 1. The molecular weight excluding hydrogens is 418 g/mol. The Morgan fingerprint density at radius 3 is 2.61 bits per heavy atom. The van der Waals surface area contributed by atoms with E-state index in [4.69, 9.17) is 14.9 Å². The number of fused-ring (bicyclic) bond motifs is 5. The van der Waals surface area contributed by atoms with Gasteiger partial charge in [-0.1, -0.05) is 13.8 Å². The molecule has 0 spiro atoms. The fraction of sp³-hybridized carbons (Fsp3) is 0.778. The van der Waals surface area contributed by atoms with Gasteiger partial charge in [-0.3, -0.25) is 4.79 Å². The van der Waals surface area contributed by atoms with Crippen LogP contribution in [-0.4, -0.2) is 28.8 Å². The fourth-order valence-corrected chi connectivity index (χ4v) is 8.67. The van der Waals surface area contributed by atoms with Crippen LogP contribution in [0.4, 0.5) is 0 Å². The molecule has 1 aromatic rings. The summed E-state index contributed by atoms with van der Waals surface area (Å²) < 4.78 is 10.9. The molecule has 0 amide bonds. The first-order chi connectivity index (χ1) is 15.6. The van der Waals surface area contributed by atoms with E-state index in [1.807, 2.05) is 6.07 Å². The lowest BCUT2D eigenvalue weighted by atomic mass is 9.43. The van der Waals surface area contributed by atoms with Crippen molar-refractivity contribution < 1.29 is 19.1 Å². The van der Waals surface area contributed by atoms with E-state index < -0.39 is 11.6 Å². The largest absolute Gasteiger partial charge is 0.461 e. The Bertz CT molecular complexity index is 953. The van der Waals surface area contributed by atoms with Crippen molar-refractivity contribution in [3.05, 3.63) is 34.4 Å². The van der Waals surface area contributed by atoms with Crippen LogP contribution < -0.4 is 11.4 Å². The second-order valence-corrected chi connectivity index (χ2v) is 12.0. The maximum Gasteiger partial charge on any atom is 0.335 e. The van der Waals surface area contributed by atoms with Gasteiger partial charge in [-0.15, -0.1) is 0 Å². The Labute approximate surface area is 196 Å². The molecule has 0 aliphatic heterocycles. The van der Waals surface area contributed by atoms with Gasteiger partial charge in [-0.2, -0.15) is 0 Å². The second kappa shape index (κ2) is 7.94. The van der Waals surface area contributed by atoms with Gasteiger partial charge in [0.15, 0.2) is 0 Å². The maximum absolute atomic E-state index is 12.3. The molecule has 0 saturated heterocycles. The first-order valence-corrected chi connectivity index (χ1v) is 12.9. The van der Waals surface area contributed by atoms with Gasteiger partial charge in [0.2, 0.25) is 0 Å². The Morgan fingerprint density at radius 2 is 1.91 bits per heavy atom. The van der Waals surface area contributed by atoms with Gasteiger partial charge in [0.25, 0.3) is 0 Å². The summed E-state index contributed by atoms with van der Waals surface area (Å²) in [6.07, 6.45) is 10.4. The number of aliphatic hydroxyl groups is 1. The summed E-state index contributed by atoms with van der Waals surface area (Å²) in [5.74, 6) is 1.22. The van der Waals surface area contributed by atoms with Crippen molar-refractivity contribution in [3.63, 3.8) is 0 Å². The average molecular weight is 458 g/mol. The van der Waals surface area contributed by atoms with Crippen LogP contribution in [0.1, 0.15) is 90.0 Å². The SMILES string of the molecule is C[C@@H](N)C(=O)O[C@@H]1CC[C@@]2(C)[C@H](CC[C@@H]3[C@@H]2CCC2(C)[C@@H](c4ccc(=O)oc4)CC[C@]32O)C1. The predicted octanol–water partition coefficient (Wildman–Crippen LogP) is 4.14. The van der Waals surface area contributed by atoms with Crippen LogP contribution in [0.15, 0.2) is 27.6 Å². The summed E-state index contributed by atoms with van der Waals surface area (Å²) in [7, 11) is 0. The molecule has 0 radical (unpaired) electrons. The second-order valence-electron chi connectivity index (χ2n) is 12.0. The summed E-state index contributed by atoms with van der Waals surface area (Å²) in [5.41, 5.74) is 5.71. The van der Waals surface area contributed by atoms with Crippen LogP contribution in [0, 0.1) is 28.6 Å². The third-order valence-corrected chi connectivity index (χ3v) is 10.6. The summed E-state index contributed by atoms with van der Waals surface area (Å²) in [6.45, 7) is 6.38. The third-order valence-electron chi connectivity index (χ3n) is 10.6. The molecule has 6 heteroatoms. The molecule has 6 nitrogen and oxygen atoms in total. The predicted molar refractivity (Wildman–Crippen MR) is 124 cm³/mol.